The van der Waals surface area contributed by atoms with Crippen LogP contribution in [0.25, 0.3) is 0 Å². The average Bonchev–Trinajstić information content (AvgIpc) is 2.66. The lowest BCUT2D eigenvalue weighted by molar-refractivity contribution is 0.253. The number of nitrogens with two attached hydrogens (primary N) is 1. The standard InChI is InChI=1S/C11H22N4O/c1-6-15(7-2)10-13-9(16-14-10)8(12)11(3,4)5/h8H,6-7,12H2,1-5H3/t8-/m1/s1. The molecule has 0 fully saturated rings. The molecule has 0 unspecified atom stereocenters. The summed E-state index contributed by atoms with van der Waals surface area (Å²) in [5, 5.41) is 3.95. The Bertz CT molecular complexity index is 325. The maximum Gasteiger partial charge on any atom is 0.266 e. The van der Waals surface area contributed by atoms with Crippen molar-refractivity contribution in [2.24, 2.45) is 11.1 Å². The lowest BCUT2D eigenvalue weighted by Gasteiger charge is -2.23. The van der Waals surface area contributed by atoms with E-state index in [1.54, 1.807) is 0 Å². The number of aromatic nitrogens is 2. The minimum absolute atomic E-state index is 0.0763. The van der Waals surface area contributed by atoms with Gasteiger partial charge in [-0.05, 0) is 24.4 Å². The van der Waals surface area contributed by atoms with Crippen LogP contribution in [-0.2, 0) is 0 Å². The van der Waals surface area contributed by atoms with E-state index in [2.05, 4.69) is 44.8 Å². The molecular formula is C11H22N4O. The van der Waals surface area contributed by atoms with E-state index in [4.69, 9.17) is 10.3 Å². The molecule has 1 atom stereocenters. The van der Waals surface area contributed by atoms with Crippen molar-refractivity contribution in [1.82, 2.24) is 10.1 Å². The molecule has 0 saturated heterocycles. The Hall–Kier alpha value is -1.10. The number of hydrogen-bond donors (Lipinski definition) is 1. The molecule has 0 aliphatic heterocycles. The van der Waals surface area contributed by atoms with Crippen molar-refractivity contribution < 1.29 is 4.52 Å². The molecule has 0 radical (unpaired) electrons. The molecule has 0 bridgehead atoms. The minimum Gasteiger partial charge on any atom is -0.339 e. The highest BCUT2D eigenvalue weighted by molar-refractivity contribution is 5.27. The van der Waals surface area contributed by atoms with E-state index in [0.29, 0.717) is 11.8 Å². The van der Waals surface area contributed by atoms with Crippen LogP contribution in [0.4, 0.5) is 5.95 Å². The number of anilines is 1. The number of hydrogen-bond acceptors (Lipinski definition) is 5. The van der Waals surface area contributed by atoms with E-state index in [-0.39, 0.29) is 11.5 Å². The molecule has 0 aliphatic rings. The van der Waals surface area contributed by atoms with E-state index in [1.807, 2.05) is 4.90 Å². The second-order valence-corrected chi connectivity index (χ2v) is 4.95. The van der Waals surface area contributed by atoms with E-state index in [1.165, 1.54) is 0 Å². The monoisotopic (exact) mass is 226 g/mol. The lowest BCUT2D eigenvalue weighted by Crippen LogP contribution is -2.27. The first-order valence-electron chi connectivity index (χ1n) is 5.74. The van der Waals surface area contributed by atoms with Gasteiger partial charge in [-0.2, -0.15) is 4.98 Å². The molecule has 0 aliphatic carbocycles. The SMILES string of the molecule is CCN(CC)c1noc([C@@H](N)C(C)(C)C)n1. The first-order valence-corrected chi connectivity index (χ1v) is 5.74. The Balaban J connectivity index is 2.86. The van der Waals surface area contributed by atoms with E-state index in [9.17, 15) is 0 Å². The lowest BCUT2D eigenvalue weighted by atomic mass is 9.87. The fraction of sp³-hybridized carbons (Fsp3) is 0.818. The topological polar surface area (TPSA) is 68.2 Å². The van der Waals surface area contributed by atoms with E-state index in [0.717, 1.165) is 13.1 Å². The number of rotatable bonds is 4. The Morgan fingerprint density at radius 3 is 2.31 bits per heavy atom. The molecule has 1 aromatic heterocycles. The molecule has 16 heavy (non-hydrogen) atoms. The van der Waals surface area contributed by atoms with Crippen LogP contribution in [0.15, 0.2) is 4.52 Å². The summed E-state index contributed by atoms with van der Waals surface area (Å²) in [7, 11) is 0. The van der Waals surface area contributed by atoms with Crippen molar-refractivity contribution in [3.05, 3.63) is 5.89 Å². The Morgan fingerprint density at radius 2 is 1.88 bits per heavy atom. The molecule has 5 heteroatoms. The van der Waals surface area contributed by atoms with Crippen molar-refractivity contribution in [2.75, 3.05) is 18.0 Å². The Kier molecular flexibility index (Phi) is 3.91. The van der Waals surface area contributed by atoms with Crippen LogP contribution in [0, 0.1) is 5.41 Å². The second kappa shape index (κ2) is 4.82. The quantitative estimate of drug-likeness (QED) is 0.850. The van der Waals surface area contributed by atoms with Crippen LogP contribution in [0.3, 0.4) is 0 Å². The molecule has 5 nitrogen and oxygen atoms in total. The van der Waals surface area contributed by atoms with Gasteiger partial charge in [0.15, 0.2) is 0 Å². The summed E-state index contributed by atoms with van der Waals surface area (Å²) >= 11 is 0. The first-order chi connectivity index (χ1) is 7.40. The highest BCUT2D eigenvalue weighted by Crippen LogP contribution is 2.29. The zero-order chi connectivity index (χ0) is 12.3. The molecule has 0 saturated carbocycles. The van der Waals surface area contributed by atoms with Gasteiger partial charge >= 0.3 is 0 Å². The highest BCUT2D eigenvalue weighted by Gasteiger charge is 2.28. The van der Waals surface area contributed by atoms with Gasteiger partial charge in [0.05, 0.1) is 6.04 Å². The minimum atomic E-state index is -0.232. The molecular weight excluding hydrogens is 204 g/mol. The normalized spacial score (nSPS) is 13.9. The fourth-order valence-corrected chi connectivity index (χ4v) is 1.36. The maximum absolute atomic E-state index is 6.05. The van der Waals surface area contributed by atoms with Crippen LogP contribution in [0.5, 0.6) is 0 Å². The molecule has 1 rings (SSSR count). The fourth-order valence-electron chi connectivity index (χ4n) is 1.36. The van der Waals surface area contributed by atoms with Gasteiger partial charge in [-0.25, -0.2) is 0 Å². The van der Waals surface area contributed by atoms with Gasteiger partial charge in [-0.1, -0.05) is 20.8 Å². The van der Waals surface area contributed by atoms with Crippen molar-refractivity contribution >= 4 is 5.95 Å². The summed E-state index contributed by atoms with van der Waals surface area (Å²) in [5.74, 6) is 1.13. The highest BCUT2D eigenvalue weighted by atomic mass is 16.5. The predicted molar refractivity (Wildman–Crippen MR) is 64.2 cm³/mol. The summed E-state index contributed by atoms with van der Waals surface area (Å²) in [6.07, 6.45) is 0. The third-order valence-corrected chi connectivity index (χ3v) is 2.68. The predicted octanol–water partition coefficient (Wildman–Crippen LogP) is 1.96. The molecule has 0 amide bonds. The van der Waals surface area contributed by atoms with Gasteiger partial charge in [0.1, 0.15) is 0 Å². The summed E-state index contributed by atoms with van der Waals surface area (Å²) in [6, 6.07) is -0.232. The molecule has 0 spiro atoms. The van der Waals surface area contributed by atoms with Crippen molar-refractivity contribution in [2.45, 2.75) is 40.7 Å². The van der Waals surface area contributed by atoms with Gasteiger partial charge in [0, 0.05) is 13.1 Å². The smallest absolute Gasteiger partial charge is 0.266 e. The van der Waals surface area contributed by atoms with Crippen molar-refractivity contribution in [3.8, 4) is 0 Å². The van der Waals surface area contributed by atoms with Gasteiger partial charge in [0.2, 0.25) is 5.89 Å². The third-order valence-electron chi connectivity index (χ3n) is 2.68. The van der Waals surface area contributed by atoms with Gasteiger partial charge in [-0.15, -0.1) is 0 Å². The van der Waals surface area contributed by atoms with Gasteiger partial charge < -0.3 is 15.2 Å². The summed E-state index contributed by atoms with van der Waals surface area (Å²) in [4.78, 5) is 6.37. The molecule has 2 N–H and O–H groups in total. The van der Waals surface area contributed by atoms with Crippen molar-refractivity contribution in [3.63, 3.8) is 0 Å². The largest absolute Gasteiger partial charge is 0.339 e. The van der Waals surface area contributed by atoms with Gasteiger partial charge in [0.25, 0.3) is 5.95 Å². The van der Waals surface area contributed by atoms with Gasteiger partial charge in [-0.3, -0.25) is 0 Å². The molecule has 1 heterocycles. The third kappa shape index (κ3) is 2.72. The molecule has 1 aromatic rings. The zero-order valence-electron chi connectivity index (χ0n) is 10.8. The number of nitrogens with zero attached hydrogens (tertiary/aromatic N) is 3. The van der Waals surface area contributed by atoms with Crippen LogP contribution in [-0.4, -0.2) is 23.2 Å². The Labute approximate surface area is 97.0 Å². The van der Waals surface area contributed by atoms with Crippen LogP contribution >= 0.6 is 0 Å². The summed E-state index contributed by atoms with van der Waals surface area (Å²) in [5.41, 5.74) is 5.98. The van der Waals surface area contributed by atoms with Crippen molar-refractivity contribution in [1.29, 1.82) is 0 Å². The maximum atomic E-state index is 6.05. The van der Waals surface area contributed by atoms with E-state index < -0.39 is 0 Å². The zero-order valence-corrected chi connectivity index (χ0v) is 10.8. The average molecular weight is 226 g/mol. The van der Waals surface area contributed by atoms with Crippen LogP contribution in [0.2, 0.25) is 0 Å². The Morgan fingerprint density at radius 1 is 1.31 bits per heavy atom. The first kappa shape index (κ1) is 13.0. The van der Waals surface area contributed by atoms with E-state index >= 15 is 0 Å². The summed E-state index contributed by atoms with van der Waals surface area (Å²) in [6.45, 7) is 12.0. The van der Waals surface area contributed by atoms with Crippen LogP contribution < -0.4 is 10.6 Å². The summed E-state index contributed by atoms with van der Waals surface area (Å²) < 4.78 is 5.21. The second-order valence-electron chi connectivity index (χ2n) is 4.95. The van der Waals surface area contributed by atoms with Crippen LogP contribution in [0.1, 0.15) is 46.6 Å². The molecule has 0 aromatic carbocycles. The molecule has 92 valence electrons.